The lowest BCUT2D eigenvalue weighted by Gasteiger charge is -2.05. The number of carbonyl (C=O) groups excluding carboxylic acids is 1. The SMILES string of the molecule is CC(=O)C(C)CC=C(C)CCC=C(C)CCC=C(C)CCC=C(C)C. The van der Waals surface area contributed by atoms with E-state index in [-0.39, 0.29) is 11.7 Å². The predicted molar refractivity (Wildman–Crippen MR) is 113 cm³/mol. The lowest BCUT2D eigenvalue weighted by atomic mass is 10.0. The fourth-order valence-electron chi connectivity index (χ4n) is 2.53. The van der Waals surface area contributed by atoms with Gasteiger partial charge >= 0.3 is 0 Å². The third kappa shape index (κ3) is 14.7. The Morgan fingerprint density at radius 3 is 1.48 bits per heavy atom. The van der Waals surface area contributed by atoms with Crippen LogP contribution in [0.4, 0.5) is 0 Å². The summed E-state index contributed by atoms with van der Waals surface area (Å²) in [5.41, 5.74) is 5.79. The molecule has 0 spiro atoms. The van der Waals surface area contributed by atoms with E-state index in [0.29, 0.717) is 0 Å². The number of allylic oxidation sites excluding steroid dienone is 8. The van der Waals surface area contributed by atoms with Gasteiger partial charge < -0.3 is 0 Å². The third-order valence-corrected chi connectivity index (χ3v) is 4.67. The number of rotatable bonds is 12. The average molecular weight is 345 g/mol. The molecule has 0 amide bonds. The molecule has 0 aromatic rings. The van der Waals surface area contributed by atoms with E-state index >= 15 is 0 Å². The van der Waals surface area contributed by atoms with E-state index in [0.717, 1.165) is 38.5 Å². The van der Waals surface area contributed by atoms with Gasteiger partial charge in [0.1, 0.15) is 5.78 Å². The second-order valence-electron chi connectivity index (χ2n) is 7.80. The maximum atomic E-state index is 11.2. The minimum atomic E-state index is 0.152. The Labute approximate surface area is 157 Å². The average Bonchev–Trinajstić information content (AvgIpc) is 2.52. The second kappa shape index (κ2) is 13.9. The first-order chi connectivity index (χ1) is 11.7. The summed E-state index contributed by atoms with van der Waals surface area (Å²) < 4.78 is 0. The van der Waals surface area contributed by atoms with Gasteiger partial charge in [-0.3, -0.25) is 4.79 Å². The summed E-state index contributed by atoms with van der Waals surface area (Å²) in [5, 5.41) is 0. The molecule has 0 N–H and O–H groups in total. The Balaban J connectivity index is 4.07. The largest absolute Gasteiger partial charge is 0.300 e. The van der Waals surface area contributed by atoms with Gasteiger partial charge in [0.05, 0.1) is 0 Å². The van der Waals surface area contributed by atoms with Crippen LogP contribution in [-0.4, -0.2) is 5.78 Å². The highest BCUT2D eigenvalue weighted by atomic mass is 16.1. The molecule has 1 atom stereocenters. The van der Waals surface area contributed by atoms with Gasteiger partial charge in [0.15, 0.2) is 0 Å². The normalized spacial score (nSPS) is 14.4. The van der Waals surface area contributed by atoms with Crippen LogP contribution in [0.3, 0.4) is 0 Å². The van der Waals surface area contributed by atoms with Gasteiger partial charge in [0.2, 0.25) is 0 Å². The van der Waals surface area contributed by atoms with E-state index in [4.69, 9.17) is 0 Å². The highest BCUT2D eigenvalue weighted by Gasteiger charge is 2.04. The van der Waals surface area contributed by atoms with E-state index in [1.807, 2.05) is 6.92 Å². The van der Waals surface area contributed by atoms with Gasteiger partial charge in [0.25, 0.3) is 0 Å². The fraction of sp³-hybridized carbons (Fsp3) is 0.625. The smallest absolute Gasteiger partial charge is 0.132 e. The van der Waals surface area contributed by atoms with Gasteiger partial charge in [0, 0.05) is 5.92 Å². The molecular formula is C24H40O. The number of hydrogen-bond acceptors (Lipinski definition) is 1. The summed E-state index contributed by atoms with van der Waals surface area (Å²) in [6.07, 6.45) is 17.0. The topological polar surface area (TPSA) is 17.1 Å². The first kappa shape index (κ1) is 23.6. The molecule has 0 heterocycles. The van der Waals surface area contributed by atoms with E-state index in [1.54, 1.807) is 6.92 Å². The van der Waals surface area contributed by atoms with Crippen molar-refractivity contribution in [3.63, 3.8) is 0 Å². The maximum Gasteiger partial charge on any atom is 0.132 e. The number of carbonyl (C=O) groups is 1. The summed E-state index contributed by atoms with van der Waals surface area (Å²) in [6, 6.07) is 0. The Kier molecular flexibility index (Phi) is 13.1. The first-order valence-corrected chi connectivity index (χ1v) is 9.83. The van der Waals surface area contributed by atoms with Crippen LogP contribution in [0.25, 0.3) is 0 Å². The molecule has 25 heavy (non-hydrogen) atoms. The number of Topliss-reactive ketones (excluding diaryl/α,β-unsaturated/α-hetero) is 1. The molecule has 0 aliphatic heterocycles. The molecule has 142 valence electrons. The van der Waals surface area contributed by atoms with Crippen LogP contribution >= 0.6 is 0 Å². The summed E-state index contributed by atoms with van der Waals surface area (Å²) in [7, 11) is 0. The highest BCUT2D eigenvalue weighted by molar-refractivity contribution is 5.77. The van der Waals surface area contributed by atoms with Crippen LogP contribution in [0.5, 0.6) is 0 Å². The van der Waals surface area contributed by atoms with Crippen molar-refractivity contribution in [1.82, 2.24) is 0 Å². The summed E-state index contributed by atoms with van der Waals surface area (Å²) in [5.74, 6) is 0.433. The minimum absolute atomic E-state index is 0.152. The van der Waals surface area contributed by atoms with Crippen molar-refractivity contribution >= 4 is 5.78 Å². The zero-order valence-electron chi connectivity index (χ0n) is 17.7. The molecule has 0 saturated heterocycles. The van der Waals surface area contributed by atoms with Crippen LogP contribution in [0.15, 0.2) is 46.6 Å². The lowest BCUT2D eigenvalue weighted by molar-refractivity contribution is -0.120. The van der Waals surface area contributed by atoms with Gasteiger partial charge in [-0.2, -0.15) is 0 Å². The lowest BCUT2D eigenvalue weighted by Crippen LogP contribution is -2.04. The quantitative estimate of drug-likeness (QED) is 0.331. The van der Waals surface area contributed by atoms with Crippen molar-refractivity contribution in [1.29, 1.82) is 0 Å². The van der Waals surface area contributed by atoms with Gasteiger partial charge in [-0.1, -0.05) is 53.5 Å². The molecule has 0 saturated carbocycles. The molecule has 0 rings (SSSR count). The Bertz CT molecular complexity index is 510. The van der Waals surface area contributed by atoms with Crippen LogP contribution in [0.2, 0.25) is 0 Å². The Morgan fingerprint density at radius 1 is 0.680 bits per heavy atom. The highest BCUT2D eigenvalue weighted by Crippen LogP contribution is 2.14. The van der Waals surface area contributed by atoms with Gasteiger partial charge in [-0.25, -0.2) is 0 Å². The molecular weight excluding hydrogens is 304 g/mol. The Morgan fingerprint density at radius 2 is 1.08 bits per heavy atom. The second-order valence-corrected chi connectivity index (χ2v) is 7.80. The van der Waals surface area contributed by atoms with Crippen LogP contribution in [0, 0.1) is 5.92 Å². The van der Waals surface area contributed by atoms with Crippen molar-refractivity contribution in [2.45, 2.75) is 93.4 Å². The predicted octanol–water partition coefficient (Wildman–Crippen LogP) is 7.75. The molecule has 0 fully saturated rings. The molecule has 0 aliphatic carbocycles. The molecule has 0 aliphatic rings. The minimum Gasteiger partial charge on any atom is -0.300 e. The van der Waals surface area contributed by atoms with Gasteiger partial charge in [-0.05, 0) is 86.5 Å². The number of hydrogen-bond donors (Lipinski definition) is 0. The van der Waals surface area contributed by atoms with Gasteiger partial charge in [-0.15, -0.1) is 0 Å². The Hall–Kier alpha value is -1.37. The zero-order valence-corrected chi connectivity index (χ0v) is 17.7. The first-order valence-electron chi connectivity index (χ1n) is 9.83. The van der Waals surface area contributed by atoms with Crippen molar-refractivity contribution < 1.29 is 4.79 Å². The van der Waals surface area contributed by atoms with E-state index in [9.17, 15) is 4.79 Å². The van der Waals surface area contributed by atoms with Crippen molar-refractivity contribution in [3.05, 3.63) is 46.6 Å². The van der Waals surface area contributed by atoms with E-state index < -0.39 is 0 Å². The van der Waals surface area contributed by atoms with Crippen LogP contribution < -0.4 is 0 Å². The van der Waals surface area contributed by atoms with Crippen molar-refractivity contribution in [2.24, 2.45) is 5.92 Å². The molecule has 0 radical (unpaired) electrons. The summed E-state index contributed by atoms with van der Waals surface area (Å²) >= 11 is 0. The van der Waals surface area contributed by atoms with Crippen LogP contribution in [0.1, 0.15) is 93.4 Å². The van der Waals surface area contributed by atoms with E-state index in [2.05, 4.69) is 58.9 Å². The summed E-state index contributed by atoms with van der Waals surface area (Å²) in [6.45, 7) is 14.7. The molecule has 0 aromatic heterocycles. The molecule has 0 bridgehead atoms. The van der Waals surface area contributed by atoms with Crippen LogP contribution in [-0.2, 0) is 4.79 Å². The molecule has 1 heteroatoms. The van der Waals surface area contributed by atoms with Crippen molar-refractivity contribution in [2.75, 3.05) is 0 Å². The maximum absolute atomic E-state index is 11.2. The zero-order chi connectivity index (χ0) is 19.2. The molecule has 1 unspecified atom stereocenters. The fourth-order valence-corrected chi connectivity index (χ4v) is 2.53. The third-order valence-electron chi connectivity index (χ3n) is 4.67. The molecule has 1 nitrogen and oxygen atoms in total. The summed E-state index contributed by atoms with van der Waals surface area (Å²) in [4.78, 5) is 11.2. The van der Waals surface area contributed by atoms with Crippen molar-refractivity contribution in [3.8, 4) is 0 Å². The number of ketones is 1. The molecule has 0 aromatic carbocycles. The monoisotopic (exact) mass is 344 g/mol. The van der Waals surface area contributed by atoms with E-state index in [1.165, 1.54) is 28.7 Å². The standard InChI is InChI=1S/C24H40O/c1-19(2)11-8-12-20(3)13-9-14-21(4)15-10-16-22(5)17-18-23(6)24(7)25/h11,13,15,17,23H,8-10,12,14,16,18H2,1-7H3.